The molecule has 1 atom stereocenters. The van der Waals surface area contributed by atoms with Crippen molar-refractivity contribution >= 4 is 17.2 Å². The minimum absolute atomic E-state index is 0.0348. The Morgan fingerprint density at radius 1 is 1.38 bits per heavy atom. The summed E-state index contributed by atoms with van der Waals surface area (Å²) < 4.78 is 0. The maximum Gasteiger partial charge on any atom is 0.237 e. The largest absolute Gasteiger partial charge is 0.396 e. The molecule has 0 radical (unpaired) electrons. The highest BCUT2D eigenvalue weighted by atomic mass is 32.1. The minimum atomic E-state index is 0.0348. The summed E-state index contributed by atoms with van der Waals surface area (Å²) in [5, 5.41) is 20.1. The fourth-order valence-electron chi connectivity index (χ4n) is 2.83. The summed E-state index contributed by atoms with van der Waals surface area (Å²) in [6.45, 7) is 2.39. The highest BCUT2D eigenvalue weighted by molar-refractivity contribution is 7.10. The van der Waals surface area contributed by atoms with Crippen LogP contribution < -0.4 is 0 Å². The number of amides is 1. The number of thiophene rings is 1. The van der Waals surface area contributed by atoms with Crippen LogP contribution in [0.5, 0.6) is 0 Å². The van der Waals surface area contributed by atoms with Gasteiger partial charge in [0.05, 0.1) is 19.2 Å². The van der Waals surface area contributed by atoms with Gasteiger partial charge in [0.15, 0.2) is 0 Å². The minimum Gasteiger partial charge on any atom is -0.396 e. The lowest BCUT2D eigenvalue weighted by Crippen LogP contribution is -2.41. The van der Waals surface area contributed by atoms with Gasteiger partial charge in [0.1, 0.15) is 0 Å². The van der Waals surface area contributed by atoms with Gasteiger partial charge in [0.25, 0.3) is 0 Å². The Morgan fingerprint density at radius 2 is 2.24 bits per heavy atom. The van der Waals surface area contributed by atoms with Crippen LogP contribution in [0, 0.1) is 0 Å². The molecular formula is C15H24N2O3S. The summed E-state index contributed by atoms with van der Waals surface area (Å²) in [7, 11) is 0. The van der Waals surface area contributed by atoms with Gasteiger partial charge in [-0.25, -0.2) is 0 Å². The first-order chi connectivity index (χ1) is 10.3. The Kier molecular flexibility index (Phi) is 6.63. The van der Waals surface area contributed by atoms with E-state index in [-0.39, 0.29) is 25.2 Å². The van der Waals surface area contributed by atoms with Gasteiger partial charge < -0.3 is 15.1 Å². The summed E-state index contributed by atoms with van der Waals surface area (Å²) in [6.07, 6.45) is 2.70. The van der Waals surface area contributed by atoms with Gasteiger partial charge in [-0.05, 0) is 30.7 Å². The SMILES string of the molecule is O=C(CN(CCO)CCCO)N1CCC[C@@H]1c1cccs1. The smallest absolute Gasteiger partial charge is 0.237 e. The molecule has 1 amide bonds. The van der Waals surface area contributed by atoms with E-state index in [0.29, 0.717) is 26.1 Å². The van der Waals surface area contributed by atoms with Gasteiger partial charge in [0.2, 0.25) is 5.91 Å². The van der Waals surface area contributed by atoms with Crippen molar-refractivity contribution in [3.63, 3.8) is 0 Å². The van der Waals surface area contributed by atoms with Crippen molar-refractivity contribution in [1.29, 1.82) is 0 Å². The number of hydrogen-bond acceptors (Lipinski definition) is 5. The van der Waals surface area contributed by atoms with E-state index in [0.717, 1.165) is 19.4 Å². The molecule has 0 spiro atoms. The molecule has 1 saturated heterocycles. The zero-order valence-electron chi connectivity index (χ0n) is 12.3. The molecule has 1 aliphatic rings. The van der Waals surface area contributed by atoms with Gasteiger partial charge in [-0.3, -0.25) is 9.69 Å². The molecule has 6 heteroatoms. The number of carbonyl (C=O) groups is 1. The number of rotatable bonds is 8. The van der Waals surface area contributed by atoms with Gasteiger partial charge in [0, 0.05) is 31.1 Å². The summed E-state index contributed by atoms with van der Waals surface area (Å²) in [6, 6.07) is 4.34. The molecule has 2 rings (SSSR count). The van der Waals surface area contributed by atoms with Crippen molar-refractivity contribution in [1.82, 2.24) is 9.80 Å². The van der Waals surface area contributed by atoms with E-state index in [1.54, 1.807) is 11.3 Å². The summed E-state index contributed by atoms with van der Waals surface area (Å²) in [4.78, 5) is 17.7. The van der Waals surface area contributed by atoms with Crippen LogP contribution in [0.25, 0.3) is 0 Å². The molecule has 0 bridgehead atoms. The van der Waals surface area contributed by atoms with Crippen molar-refractivity contribution in [2.45, 2.75) is 25.3 Å². The van der Waals surface area contributed by atoms with Crippen LogP contribution in [-0.2, 0) is 4.79 Å². The lowest BCUT2D eigenvalue weighted by atomic mass is 10.2. The van der Waals surface area contributed by atoms with Crippen LogP contribution in [0.4, 0.5) is 0 Å². The lowest BCUT2D eigenvalue weighted by molar-refractivity contribution is -0.133. The normalized spacial score (nSPS) is 18.6. The van der Waals surface area contributed by atoms with E-state index >= 15 is 0 Å². The molecule has 0 unspecified atom stereocenters. The number of aliphatic hydroxyl groups excluding tert-OH is 2. The Bertz CT molecular complexity index is 425. The molecule has 0 aromatic carbocycles. The average molecular weight is 312 g/mol. The number of nitrogens with zero attached hydrogens (tertiary/aromatic N) is 2. The molecule has 1 aromatic rings. The number of likely N-dealkylation sites (tertiary alicyclic amines) is 1. The van der Waals surface area contributed by atoms with Crippen LogP contribution in [0.1, 0.15) is 30.2 Å². The molecule has 5 nitrogen and oxygen atoms in total. The first-order valence-electron chi connectivity index (χ1n) is 7.53. The zero-order chi connectivity index (χ0) is 15.1. The molecular weight excluding hydrogens is 288 g/mol. The van der Waals surface area contributed by atoms with E-state index in [1.807, 2.05) is 15.9 Å². The van der Waals surface area contributed by atoms with Crippen LogP contribution >= 0.6 is 11.3 Å². The van der Waals surface area contributed by atoms with Crippen molar-refractivity contribution < 1.29 is 15.0 Å². The molecule has 2 N–H and O–H groups in total. The third-order valence-electron chi connectivity index (χ3n) is 3.85. The van der Waals surface area contributed by atoms with E-state index in [9.17, 15) is 4.79 Å². The average Bonchev–Trinajstić information content (AvgIpc) is 3.14. The number of hydrogen-bond donors (Lipinski definition) is 2. The Morgan fingerprint density at radius 3 is 2.90 bits per heavy atom. The highest BCUT2D eigenvalue weighted by Gasteiger charge is 2.31. The predicted octanol–water partition coefficient (Wildman–Crippen LogP) is 1.09. The summed E-state index contributed by atoms with van der Waals surface area (Å²) in [5.74, 6) is 0.122. The van der Waals surface area contributed by atoms with Crippen LogP contribution in [0.2, 0.25) is 0 Å². The fraction of sp³-hybridized carbons (Fsp3) is 0.667. The zero-order valence-corrected chi connectivity index (χ0v) is 13.1. The highest BCUT2D eigenvalue weighted by Crippen LogP contribution is 2.34. The topological polar surface area (TPSA) is 64.0 Å². The molecule has 1 fully saturated rings. The molecule has 0 aliphatic carbocycles. The van der Waals surface area contributed by atoms with E-state index in [2.05, 4.69) is 11.4 Å². The molecule has 1 aliphatic heterocycles. The van der Waals surface area contributed by atoms with Gasteiger partial charge in [-0.2, -0.15) is 0 Å². The second-order valence-corrected chi connectivity index (χ2v) is 6.32. The first-order valence-corrected chi connectivity index (χ1v) is 8.41. The third kappa shape index (κ3) is 4.51. The van der Waals surface area contributed by atoms with Crippen LogP contribution in [-0.4, -0.2) is 65.3 Å². The van der Waals surface area contributed by atoms with Crippen LogP contribution in [0.15, 0.2) is 17.5 Å². The molecule has 0 saturated carbocycles. The first kappa shape index (κ1) is 16.4. The fourth-order valence-corrected chi connectivity index (χ4v) is 3.70. The van der Waals surface area contributed by atoms with Gasteiger partial charge in [-0.1, -0.05) is 6.07 Å². The molecule has 2 heterocycles. The summed E-state index contributed by atoms with van der Waals surface area (Å²) >= 11 is 1.70. The van der Waals surface area contributed by atoms with Gasteiger partial charge in [-0.15, -0.1) is 11.3 Å². The lowest BCUT2D eigenvalue weighted by Gasteiger charge is -2.28. The van der Waals surface area contributed by atoms with E-state index in [4.69, 9.17) is 10.2 Å². The third-order valence-corrected chi connectivity index (χ3v) is 4.83. The number of aliphatic hydroxyl groups is 2. The Labute approximate surface area is 129 Å². The Balaban J connectivity index is 1.94. The number of carbonyl (C=O) groups excluding carboxylic acids is 1. The Hall–Kier alpha value is -0.950. The van der Waals surface area contributed by atoms with E-state index < -0.39 is 0 Å². The predicted molar refractivity (Wildman–Crippen MR) is 83.2 cm³/mol. The quantitative estimate of drug-likeness (QED) is 0.754. The summed E-state index contributed by atoms with van der Waals surface area (Å²) in [5.41, 5.74) is 0. The van der Waals surface area contributed by atoms with Crippen molar-refractivity contribution in [3.05, 3.63) is 22.4 Å². The van der Waals surface area contributed by atoms with Gasteiger partial charge >= 0.3 is 0 Å². The maximum atomic E-state index is 12.5. The standard InChI is InChI=1S/C15H24N2O3S/c18-9-3-6-16(8-10-19)12-15(20)17-7-1-4-13(17)14-5-2-11-21-14/h2,5,11,13,18-19H,1,3-4,6-10,12H2/t13-/m1/s1. The van der Waals surface area contributed by atoms with Crippen LogP contribution in [0.3, 0.4) is 0 Å². The molecule has 1 aromatic heterocycles. The molecule has 21 heavy (non-hydrogen) atoms. The van der Waals surface area contributed by atoms with Crippen molar-refractivity contribution in [2.24, 2.45) is 0 Å². The van der Waals surface area contributed by atoms with Crippen molar-refractivity contribution in [2.75, 3.05) is 39.4 Å². The van der Waals surface area contributed by atoms with E-state index in [1.165, 1.54) is 4.88 Å². The monoisotopic (exact) mass is 312 g/mol. The van der Waals surface area contributed by atoms with Crippen molar-refractivity contribution in [3.8, 4) is 0 Å². The second-order valence-electron chi connectivity index (χ2n) is 5.34. The molecule has 118 valence electrons. The maximum absolute atomic E-state index is 12.5. The second kappa shape index (κ2) is 8.48.